The summed E-state index contributed by atoms with van der Waals surface area (Å²) in [4.78, 5) is 12.1. The molecule has 0 radical (unpaired) electrons. The Kier molecular flexibility index (Phi) is 3.97. The van der Waals surface area contributed by atoms with E-state index in [0.717, 1.165) is 13.0 Å². The van der Waals surface area contributed by atoms with Crippen molar-refractivity contribution in [2.75, 3.05) is 6.54 Å². The summed E-state index contributed by atoms with van der Waals surface area (Å²) < 4.78 is 13.6. The molecule has 2 N–H and O–H groups in total. The topological polar surface area (TPSA) is 41.1 Å². The van der Waals surface area contributed by atoms with Crippen molar-refractivity contribution in [3.63, 3.8) is 0 Å². The monoisotopic (exact) mass is 250 g/mol. The van der Waals surface area contributed by atoms with Crippen LogP contribution in [-0.2, 0) is 4.79 Å². The Balaban J connectivity index is 2.01. The molecule has 3 atom stereocenters. The first kappa shape index (κ1) is 13.0. The van der Waals surface area contributed by atoms with Crippen molar-refractivity contribution in [3.8, 4) is 0 Å². The number of hydrogen-bond donors (Lipinski definition) is 2. The van der Waals surface area contributed by atoms with Crippen molar-refractivity contribution >= 4 is 5.91 Å². The molecule has 1 aromatic carbocycles. The molecule has 1 aliphatic rings. The summed E-state index contributed by atoms with van der Waals surface area (Å²) in [6.45, 7) is 4.68. The van der Waals surface area contributed by atoms with Crippen molar-refractivity contribution in [2.45, 2.75) is 32.4 Å². The van der Waals surface area contributed by atoms with Crippen molar-refractivity contribution in [2.24, 2.45) is 5.92 Å². The van der Waals surface area contributed by atoms with Crippen LogP contribution in [-0.4, -0.2) is 18.5 Å². The van der Waals surface area contributed by atoms with Gasteiger partial charge in [-0.05, 0) is 32.9 Å². The van der Waals surface area contributed by atoms with Gasteiger partial charge in [0.05, 0.1) is 12.0 Å². The van der Waals surface area contributed by atoms with E-state index in [9.17, 15) is 9.18 Å². The lowest BCUT2D eigenvalue weighted by Gasteiger charge is -2.20. The van der Waals surface area contributed by atoms with Crippen molar-refractivity contribution < 1.29 is 9.18 Å². The highest BCUT2D eigenvalue weighted by Crippen LogP contribution is 2.19. The second kappa shape index (κ2) is 5.48. The summed E-state index contributed by atoms with van der Waals surface area (Å²) in [6.07, 6.45) is 0.844. The molecule has 18 heavy (non-hydrogen) atoms. The maximum atomic E-state index is 13.6. The molecule has 0 aliphatic carbocycles. The van der Waals surface area contributed by atoms with E-state index in [2.05, 4.69) is 10.6 Å². The third kappa shape index (κ3) is 2.70. The first-order valence-corrected chi connectivity index (χ1v) is 6.37. The Morgan fingerprint density at radius 3 is 2.83 bits per heavy atom. The summed E-state index contributed by atoms with van der Waals surface area (Å²) in [7, 11) is 0. The zero-order valence-corrected chi connectivity index (χ0v) is 10.7. The van der Waals surface area contributed by atoms with E-state index in [1.807, 2.05) is 13.8 Å². The molecule has 2 unspecified atom stereocenters. The maximum Gasteiger partial charge on any atom is 0.225 e. The third-order valence-electron chi connectivity index (χ3n) is 3.59. The average molecular weight is 250 g/mol. The molecule has 1 fully saturated rings. The fourth-order valence-corrected chi connectivity index (χ4v) is 2.44. The van der Waals surface area contributed by atoms with Gasteiger partial charge in [0.1, 0.15) is 5.82 Å². The maximum absolute atomic E-state index is 13.6. The predicted octanol–water partition coefficient (Wildman–Crippen LogP) is 2.00. The first-order valence-electron chi connectivity index (χ1n) is 6.37. The highest BCUT2D eigenvalue weighted by Gasteiger charge is 2.30. The van der Waals surface area contributed by atoms with E-state index in [-0.39, 0.29) is 29.7 Å². The van der Waals surface area contributed by atoms with E-state index in [1.165, 1.54) is 6.07 Å². The summed E-state index contributed by atoms with van der Waals surface area (Å²) in [5.74, 6) is -0.287. The van der Waals surface area contributed by atoms with Crippen LogP contribution in [0.2, 0.25) is 0 Å². The highest BCUT2D eigenvalue weighted by molar-refractivity contribution is 5.80. The Hall–Kier alpha value is -1.42. The van der Waals surface area contributed by atoms with Gasteiger partial charge in [0.15, 0.2) is 0 Å². The van der Waals surface area contributed by atoms with Crippen LogP contribution < -0.4 is 10.6 Å². The molecule has 2 rings (SSSR count). The molecule has 0 aromatic heterocycles. The van der Waals surface area contributed by atoms with Crippen LogP contribution in [0.5, 0.6) is 0 Å². The lowest BCUT2D eigenvalue weighted by Crippen LogP contribution is -2.38. The van der Waals surface area contributed by atoms with Gasteiger partial charge in [-0.15, -0.1) is 0 Å². The summed E-state index contributed by atoms with van der Waals surface area (Å²) in [5, 5.41) is 6.13. The largest absolute Gasteiger partial charge is 0.349 e. The van der Waals surface area contributed by atoms with Crippen LogP contribution in [0.25, 0.3) is 0 Å². The molecule has 1 heterocycles. The standard InChI is InChI=1S/C14H19FN2O/c1-9-12(7-8-16-9)14(18)17-10(2)11-5-3-4-6-13(11)15/h3-6,9-10,12,16H,7-8H2,1-2H3,(H,17,18)/t9?,10-,12?/m1/s1. The molecule has 1 amide bonds. The van der Waals surface area contributed by atoms with Gasteiger partial charge >= 0.3 is 0 Å². The van der Waals surface area contributed by atoms with E-state index in [0.29, 0.717) is 5.56 Å². The average Bonchev–Trinajstić information content (AvgIpc) is 2.76. The molecule has 0 bridgehead atoms. The lowest BCUT2D eigenvalue weighted by molar-refractivity contribution is -0.125. The molecule has 1 saturated heterocycles. The summed E-state index contributed by atoms with van der Waals surface area (Å²) in [6, 6.07) is 6.44. The van der Waals surface area contributed by atoms with Gasteiger partial charge in [0.25, 0.3) is 0 Å². The number of carbonyl (C=O) groups is 1. The van der Waals surface area contributed by atoms with Gasteiger partial charge in [0, 0.05) is 11.6 Å². The molecule has 1 aromatic rings. The zero-order chi connectivity index (χ0) is 13.1. The summed E-state index contributed by atoms with van der Waals surface area (Å²) in [5.41, 5.74) is 0.532. The Bertz CT molecular complexity index is 436. The zero-order valence-electron chi connectivity index (χ0n) is 10.7. The number of nitrogens with one attached hydrogen (secondary N) is 2. The predicted molar refractivity (Wildman–Crippen MR) is 68.5 cm³/mol. The normalized spacial score (nSPS) is 24.8. The molecule has 98 valence electrons. The molecule has 0 saturated carbocycles. The van der Waals surface area contributed by atoms with Gasteiger partial charge in [-0.3, -0.25) is 4.79 Å². The number of rotatable bonds is 3. The minimum Gasteiger partial charge on any atom is -0.349 e. The smallest absolute Gasteiger partial charge is 0.225 e. The third-order valence-corrected chi connectivity index (χ3v) is 3.59. The van der Waals surface area contributed by atoms with Gasteiger partial charge in [-0.1, -0.05) is 18.2 Å². The Labute approximate surface area is 107 Å². The number of amides is 1. The molecular formula is C14H19FN2O. The van der Waals surface area contributed by atoms with Crippen LogP contribution in [0.3, 0.4) is 0 Å². The fraction of sp³-hybridized carbons (Fsp3) is 0.500. The number of benzene rings is 1. The minimum absolute atomic E-state index is 0.00301. The molecular weight excluding hydrogens is 231 g/mol. The lowest BCUT2D eigenvalue weighted by atomic mass is 10.00. The Morgan fingerprint density at radius 2 is 2.22 bits per heavy atom. The van der Waals surface area contributed by atoms with Gasteiger partial charge in [0.2, 0.25) is 5.91 Å². The van der Waals surface area contributed by atoms with E-state index in [4.69, 9.17) is 0 Å². The van der Waals surface area contributed by atoms with Crippen molar-refractivity contribution in [3.05, 3.63) is 35.6 Å². The summed E-state index contributed by atoms with van der Waals surface area (Å²) >= 11 is 0. The first-order chi connectivity index (χ1) is 8.59. The Morgan fingerprint density at radius 1 is 1.50 bits per heavy atom. The van der Waals surface area contributed by atoms with E-state index >= 15 is 0 Å². The van der Waals surface area contributed by atoms with Gasteiger partial charge in [-0.25, -0.2) is 4.39 Å². The van der Waals surface area contributed by atoms with Crippen LogP contribution in [0, 0.1) is 11.7 Å². The van der Waals surface area contributed by atoms with Crippen LogP contribution >= 0.6 is 0 Å². The van der Waals surface area contributed by atoms with E-state index < -0.39 is 0 Å². The second-order valence-electron chi connectivity index (χ2n) is 4.89. The molecule has 3 nitrogen and oxygen atoms in total. The van der Waals surface area contributed by atoms with Crippen LogP contribution in [0.1, 0.15) is 31.9 Å². The number of hydrogen-bond acceptors (Lipinski definition) is 2. The number of carbonyl (C=O) groups excluding carboxylic acids is 1. The SMILES string of the molecule is CC1NCCC1C(=O)N[C@H](C)c1ccccc1F. The van der Waals surface area contributed by atoms with E-state index in [1.54, 1.807) is 18.2 Å². The van der Waals surface area contributed by atoms with Crippen molar-refractivity contribution in [1.29, 1.82) is 0 Å². The van der Waals surface area contributed by atoms with Crippen LogP contribution in [0.15, 0.2) is 24.3 Å². The van der Waals surface area contributed by atoms with Crippen molar-refractivity contribution in [1.82, 2.24) is 10.6 Å². The highest BCUT2D eigenvalue weighted by atomic mass is 19.1. The van der Waals surface area contributed by atoms with Gasteiger partial charge in [-0.2, -0.15) is 0 Å². The quantitative estimate of drug-likeness (QED) is 0.861. The van der Waals surface area contributed by atoms with Gasteiger partial charge < -0.3 is 10.6 Å². The second-order valence-corrected chi connectivity index (χ2v) is 4.89. The van der Waals surface area contributed by atoms with Crippen LogP contribution in [0.4, 0.5) is 4.39 Å². The molecule has 4 heteroatoms. The number of halogens is 1. The minimum atomic E-state index is -0.300. The molecule has 1 aliphatic heterocycles. The fourth-order valence-electron chi connectivity index (χ4n) is 2.44. The molecule has 0 spiro atoms.